The van der Waals surface area contributed by atoms with Gasteiger partial charge in [0.15, 0.2) is 0 Å². The van der Waals surface area contributed by atoms with Crippen LogP contribution in [0.5, 0.6) is 0 Å². The first-order valence-corrected chi connectivity index (χ1v) is 30.1. The Morgan fingerprint density at radius 1 is 0.485 bits per heavy atom. The Kier molecular flexibility index (Phi) is 15.7. The first-order chi connectivity index (χ1) is 32.4. The van der Waals surface area contributed by atoms with Crippen LogP contribution in [-0.4, -0.2) is 61.6 Å². The lowest BCUT2D eigenvalue weighted by Gasteiger charge is -2.52. The lowest BCUT2D eigenvalue weighted by atomic mass is 9.83. The molecule has 8 heteroatoms. The van der Waals surface area contributed by atoms with Crippen LogP contribution in [-0.2, 0) is 18.0 Å². The predicted octanol–water partition coefficient (Wildman–Crippen LogP) is 11.0. The third-order valence-electron chi connectivity index (χ3n) is 14.0. The number of benzene rings is 6. The summed E-state index contributed by atoms with van der Waals surface area (Å²) in [5, 5.41) is 18.1. The van der Waals surface area contributed by atoms with Crippen molar-refractivity contribution in [3.63, 3.8) is 0 Å². The highest BCUT2D eigenvalue weighted by atomic mass is 28.4. The van der Waals surface area contributed by atoms with E-state index in [4.69, 9.17) is 24.6 Å². The van der Waals surface area contributed by atoms with Gasteiger partial charge >= 0.3 is 0 Å². The lowest BCUT2D eigenvalue weighted by molar-refractivity contribution is -0.0866. The number of ether oxygens (including phenoxy) is 1. The van der Waals surface area contributed by atoms with Crippen LogP contribution >= 0.6 is 0 Å². The molecule has 1 aliphatic carbocycles. The highest BCUT2D eigenvalue weighted by molar-refractivity contribution is 7.00. The largest absolute Gasteiger partial charge is 0.512 e. The van der Waals surface area contributed by atoms with E-state index in [1.165, 1.54) is 20.7 Å². The second-order valence-electron chi connectivity index (χ2n) is 21.5. The van der Waals surface area contributed by atoms with Crippen LogP contribution in [0.15, 0.2) is 205 Å². The number of rotatable bonds is 16. The van der Waals surface area contributed by atoms with Crippen LogP contribution in [0.2, 0.25) is 15.1 Å². The van der Waals surface area contributed by atoms with E-state index in [1.807, 2.05) is 0 Å². The van der Waals surface area contributed by atoms with Crippen molar-refractivity contribution >= 4 is 56.1 Å². The minimum absolute atomic E-state index is 0.161. The normalized spacial score (nSPS) is 18.3. The van der Waals surface area contributed by atoms with Crippen LogP contribution < -0.4 is 31.1 Å². The third kappa shape index (κ3) is 9.92. The van der Waals surface area contributed by atoms with Gasteiger partial charge in [-0.3, -0.25) is 0 Å². The molecule has 3 atom stereocenters. The Hall–Kier alpha value is -4.91. The van der Waals surface area contributed by atoms with Gasteiger partial charge in [-0.1, -0.05) is 251 Å². The van der Waals surface area contributed by atoms with Crippen LogP contribution in [0.1, 0.15) is 82.1 Å². The average molecular weight is 960 g/mol. The first-order valence-electron chi connectivity index (χ1n) is 24.4. The molecule has 5 nitrogen and oxygen atoms in total. The van der Waals surface area contributed by atoms with Gasteiger partial charge in [0.05, 0.1) is 18.0 Å². The topological polar surface area (TPSA) is 57.2 Å². The van der Waals surface area contributed by atoms with Crippen molar-refractivity contribution in [2.45, 2.75) is 116 Å². The Bertz CT molecular complexity index is 2440. The smallest absolute Gasteiger partial charge is 0.262 e. The zero-order valence-corrected chi connectivity index (χ0v) is 45.2. The standard InChI is InChI=1S/C60H74O5Si3/c1-46-54(47(2)61)45-55(64-67(59(6,7)8,50-35-22-14-23-36-50)51-37-24-15-25-38-51)57(56(46)65-68(60(9,10)11,52-39-26-16-27-40-52)53-41-28-17-29-42-53)62-43-30-44-63-66(58(3,4)5,48-31-18-12-19-32-48)49-33-20-13-21-34-49/h12-29,31-42,55-57,61H,1,30,43-45H2,2-11H3. The summed E-state index contributed by atoms with van der Waals surface area (Å²) in [7, 11) is -9.19. The molecule has 356 valence electrons. The Balaban J connectivity index is 1.37. The molecule has 6 aromatic carbocycles. The maximum atomic E-state index is 11.7. The van der Waals surface area contributed by atoms with E-state index in [9.17, 15) is 5.11 Å². The molecule has 7 rings (SSSR count). The van der Waals surface area contributed by atoms with Crippen molar-refractivity contribution in [1.82, 2.24) is 0 Å². The van der Waals surface area contributed by atoms with Crippen molar-refractivity contribution < 1.29 is 23.1 Å². The number of hydrogen-bond acceptors (Lipinski definition) is 5. The predicted molar refractivity (Wildman–Crippen MR) is 292 cm³/mol. The molecular formula is C60H74O5Si3. The van der Waals surface area contributed by atoms with Crippen molar-refractivity contribution in [2.24, 2.45) is 0 Å². The number of aliphatic hydroxyl groups excluding tert-OH is 1. The van der Waals surface area contributed by atoms with Gasteiger partial charge in [0.25, 0.3) is 25.0 Å². The molecule has 1 aliphatic rings. The second kappa shape index (κ2) is 21.0. The summed E-state index contributed by atoms with van der Waals surface area (Å²) < 4.78 is 31.1. The van der Waals surface area contributed by atoms with E-state index < -0.39 is 43.3 Å². The van der Waals surface area contributed by atoms with E-state index in [0.717, 1.165) is 21.5 Å². The second-order valence-corrected chi connectivity index (χ2v) is 34.3. The van der Waals surface area contributed by atoms with E-state index >= 15 is 0 Å². The van der Waals surface area contributed by atoms with Gasteiger partial charge < -0.3 is 23.1 Å². The van der Waals surface area contributed by atoms with Gasteiger partial charge in [0.2, 0.25) is 0 Å². The van der Waals surface area contributed by atoms with Crippen LogP contribution in [0.3, 0.4) is 0 Å². The summed E-state index contributed by atoms with van der Waals surface area (Å²) >= 11 is 0. The Morgan fingerprint density at radius 3 is 1.10 bits per heavy atom. The molecule has 0 heterocycles. The molecule has 1 saturated carbocycles. The van der Waals surface area contributed by atoms with Gasteiger partial charge in [-0.15, -0.1) is 0 Å². The summed E-state index contributed by atoms with van der Waals surface area (Å²) in [4.78, 5) is 0. The number of aliphatic hydroxyl groups is 1. The summed E-state index contributed by atoms with van der Waals surface area (Å²) in [6, 6.07) is 64.7. The fraction of sp³-hybridized carbons (Fsp3) is 0.333. The highest BCUT2D eigenvalue weighted by Gasteiger charge is 2.58. The molecule has 0 spiro atoms. The average Bonchev–Trinajstić information content (AvgIpc) is 3.32. The summed E-state index contributed by atoms with van der Waals surface area (Å²) in [5.41, 5.74) is 1.49. The van der Waals surface area contributed by atoms with E-state index in [1.54, 1.807) is 6.92 Å². The number of hydrogen-bond donors (Lipinski definition) is 1. The van der Waals surface area contributed by atoms with E-state index in [2.05, 4.69) is 244 Å². The SMILES string of the molecule is C=C1C(=C(C)O)CC(O[Si](c2ccccc2)(c2ccccc2)C(C)(C)C)C(OCCCO[Si](c2ccccc2)(c2ccccc2)C(C)(C)C)C1O[Si](c1ccccc1)(c1ccccc1)C(C)(C)C. The monoisotopic (exact) mass is 958 g/mol. The molecule has 3 unspecified atom stereocenters. The molecule has 0 aromatic heterocycles. The van der Waals surface area contributed by atoms with Crippen LogP contribution in [0.25, 0.3) is 0 Å². The highest BCUT2D eigenvalue weighted by Crippen LogP contribution is 2.46. The Labute approximate surface area is 411 Å². The Morgan fingerprint density at radius 2 is 0.794 bits per heavy atom. The summed E-state index contributed by atoms with van der Waals surface area (Å²) in [5.74, 6) is 0.222. The first kappa shape index (κ1) is 51.0. The van der Waals surface area contributed by atoms with Gasteiger partial charge in [-0.25, -0.2) is 0 Å². The molecule has 0 amide bonds. The van der Waals surface area contributed by atoms with Gasteiger partial charge in [0.1, 0.15) is 6.10 Å². The number of allylic oxidation sites excluding steroid dienone is 1. The molecule has 0 saturated heterocycles. The van der Waals surface area contributed by atoms with Crippen molar-refractivity contribution in [3.8, 4) is 0 Å². The van der Waals surface area contributed by atoms with E-state index in [-0.39, 0.29) is 20.9 Å². The van der Waals surface area contributed by atoms with Gasteiger partial charge in [0, 0.05) is 19.6 Å². The van der Waals surface area contributed by atoms with Crippen molar-refractivity contribution in [2.75, 3.05) is 13.2 Å². The lowest BCUT2D eigenvalue weighted by Crippen LogP contribution is -2.71. The van der Waals surface area contributed by atoms with Gasteiger partial charge in [-0.2, -0.15) is 0 Å². The maximum Gasteiger partial charge on any atom is 0.262 e. The molecule has 6 aromatic rings. The zero-order chi connectivity index (χ0) is 48.8. The van der Waals surface area contributed by atoms with Gasteiger partial charge in [-0.05, 0) is 70.7 Å². The molecule has 1 fully saturated rings. The quantitative estimate of drug-likeness (QED) is 0.0595. The molecule has 0 bridgehead atoms. The summed E-state index contributed by atoms with van der Waals surface area (Å²) in [6.07, 6.45) is -0.734. The van der Waals surface area contributed by atoms with E-state index in [0.29, 0.717) is 26.1 Å². The minimum atomic E-state index is -3.22. The van der Waals surface area contributed by atoms with Crippen LogP contribution in [0, 0.1) is 0 Å². The fourth-order valence-corrected chi connectivity index (χ4v) is 24.9. The third-order valence-corrected chi connectivity index (χ3v) is 29.2. The molecule has 0 aliphatic heterocycles. The van der Waals surface area contributed by atoms with Crippen LogP contribution in [0.4, 0.5) is 0 Å². The molecule has 0 radical (unpaired) electrons. The van der Waals surface area contributed by atoms with Crippen molar-refractivity contribution in [1.29, 1.82) is 0 Å². The summed E-state index contributed by atoms with van der Waals surface area (Å²) in [6.45, 7) is 28.2. The fourth-order valence-electron chi connectivity index (χ4n) is 10.9. The molecular weight excluding hydrogens is 885 g/mol. The minimum Gasteiger partial charge on any atom is -0.512 e. The molecule has 68 heavy (non-hydrogen) atoms. The molecule has 1 N–H and O–H groups in total. The maximum absolute atomic E-state index is 11.7. The zero-order valence-electron chi connectivity index (χ0n) is 42.2. The van der Waals surface area contributed by atoms with Crippen molar-refractivity contribution in [3.05, 3.63) is 205 Å².